The van der Waals surface area contributed by atoms with Gasteiger partial charge in [0.05, 0.1) is 22.0 Å². The largest absolute Gasteiger partial charge is 0.465 e. The van der Waals surface area contributed by atoms with E-state index >= 15 is 0 Å². The van der Waals surface area contributed by atoms with E-state index in [1.54, 1.807) is 59.9 Å². The number of amides is 2. The molecular formula is C22H28BrCl2N3O4S. The Kier molecular flexibility index (Phi) is 9.06. The number of carbonyl (C=O) groups is 2. The minimum absolute atomic E-state index is 0.0137. The summed E-state index contributed by atoms with van der Waals surface area (Å²) in [6, 6.07) is 2.78. The van der Waals surface area contributed by atoms with E-state index in [0.717, 1.165) is 0 Å². The number of rotatable bonds is 6. The Labute approximate surface area is 216 Å². The van der Waals surface area contributed by atoms with E-state index in [0.29, 0.717) is 25.1 Å². The van der Waals surface area contributed by atoms with Gasteiger partial charge in [-0.1, -0.05) is 23.2 Å². The number of halogens is 3. The zero-order valence-corrected chi connectivity index (χ0v) is 23.2. The van der Waals surface area contributed by atoms with Crippen LogP contribution >= 0.6 is 50.5 Å². The van der Waals surface area contributed by atoms with Crippen LogP contribution in [0.3, 0.4) is 0 Å². The van der Waals surface area contributed by atoms with Crippen molar-refractivity contribution in [1.82, 2.24) is 15.2 Å². The van der Waals surface area contributed by atoms with Crippen LogP contribution in [0.5, 0.6) is 0 Å². The van der Waals surface area contributed by atoms with E-state index in [4.69, 9.17) is 27.9 Å². The van der Waals surface area contributed by atoms with Gasteiger partial charge in [0.25, 0.3) is 0 Å². The number of thiazole rings is 1. The Morgan fingerprint density at radius 2 is 1.88 bits per heavy atom. The maximum absolute atomic E-state index is 12.8. The second-order valence-corrected chi connectivity index (χ2v) is 12.0. The van der Waals surface area contributed by atoms with Crippen LogP contribution in [-0.2, 0) is 4.74 Å². The smallest absolute Gasteiger partial charge is 0.407 e. The normalized spacial score (nSPS) is 13.8. The second kappa shape index (κ2) is 10.8. The van der Waals surface area contributed by atoms with Crippen molar-refractivity contribution in [2.24, 2.45) is 0 Å². The second-order valence-electron chi connectivity index (χ2n) is 9.46. The first-order chi connectivity index (χ1) is 15.1. The number of aromatic nitrogens is 1. The highest BCUT2D eigenvalue weighted by Crippen LogP contribution is 2.38. The molecule has 0 aliphatic heterocycles. The van der Waals surface area contributed by atoms with Crippen molar-refractivity contribution in [3.63, 3.8) is 0 Å². The highest BCUT2D eigenvalue weighted by Gasteiger charge is 2.36. The topological polar surface area (TPSA) is 91.8 Å². The minimum Gasteiger partial charge on any atom is -0.465 e. The lowest BCUT2D eigenvalue weighted by atomic mass is 9.90. The van der Waals surface area contributed by atoms with Crippen molar-refractivity contribution in [3.05, 3.63) is 48.8 Å². The fourth-order valence-corrected chi connectivity index (χ4v) is 4.98. The number of ether oxygens (including phenoxy) is 1. The van der Waals surface area contributed by atoms with Crippen molar-refractivity contribution in [3.8, 4) is 0 Å². The molecule has 2 rings (SSSR count). The summed E-state index contributed by atoms with van der Waals surface area (Å²) in [6.45, 7) is 10.6. The van der Waals surface area contributed by atoms with Gasteiger partial charge in [-0.15, -0.1) is 11.3 Å². The maximum atomic E-state index is 12.8. The molecule has 2 atom stereocenters. The highest BCUT2D eigenvalue weighted by molar-refractivity contribution is 9.10. The van der Waals surface area contributed by atoms with Crippen LogP contribution in [0.25, 0.3) is 0 Å². The van der Waals surface area contributed by atoms with E-state index < -0.39 is 35.3 Å². The minimum atomic E-state index is -1.10. The number of alkyl carbamates (subject to hydrolysis) is 1. The third-order valence-electron chi connectivity index (χ3n) is 4.61. The standard InChI is InChI=1S/C22H28BrCl2N3O4S/c1-21(2,3)28(20(30)31)11-15(27-19(29)32-22(4,5)6)16(18-26-7-8-33-18)12-9-13(23)17(25)14(24)10-12/h7-10,15-16H,11H2,1-6H3,(H,27,29)(H,30,31)/t15-,16?/m1/s1. The SMILES string of the molecule is CC(C)(C)OC(=O)N[C@H](CN(C(=O)O)C(C)(C)C)C(c1cc(Cl)c(Cl)c(Br)c1)c1nccs1. The zero-order chi connectivity index (χ0) is 25.1. The van der Waals surface area contributed by atoms with Gasteiger partial charge in [-0.05, 0) is 75.2 Å². The fraction of sp³-hybridized carbons (Fsp3) is 0.500. The first kappa shape index (κ1) is 27.7. The summed E-state index contributed by atoms with van der Waals surface area (Å²) in [5, 5.41) is 16.0. The van der Waals surface area contributed by atoms with Crippen LogP contribution in [0.2, 0.25) is 10.0 Å². The van der Waals surface area contributed by atoms with Gasteiger partial charge in [-0.3, -0.25) is 0 Å². The van der Waals surface area contributed by atoms with Gasteiger partial charge in [-0.2, -0.15) is 0 Å². The van der Waals surface area contributed by atoms with Crippen LogP contribution in [0.15, 0.2) is 28.2 Å². The molecule has 7 nitrogen and oxygen atoms in total. The first-order valence-corrected chi connectivity index (χ1v) is 12.6. The molecule has 2 amide bonds. The van der Waals surface area contributed by atoms with Crippen LogP contribution < -0.4 is 5.32 Å². The number of benzene rings is 1. The van der Waals surface area contributed by atoms with Crippen molar-refractivity contribution in [2.45, 2.75) is 64.6 Å². The van der Waals surface area contributed by atoms with Crippen LogP contribution in [0.1, 0.15) is 58.0 Å². The fourth-order valence-electron chi connectivity index (χ4n) is 3.22. The maximum Gasteiger partial charge on any atom is 0.407 e. The van der Waals surface area contributed by atoms with E-state index in [9.17, 15) is 14.7 Å². The molecule has 0 bridgehead atoms. The number of hydrogen-bond donors (Lipinski definition) is 2. The Morgan fingerprint density at radius 1 is 1.24 bits per heavy atom. The molecule has 182 valence electrons. The van der Waals surface area contributed by atoms with Crippen LogP contribution in [-0.4, -0.2) is 50.9 Å². The summed E-state index contributed by atoms with van der Waals surface area (Å²) < 4.78 is 6.06. The average Bonchev–Trinajstić information content (AvgIpc) is 3.15. The van der Waals surface area contributed by atoms with Crippen molar-refractivity contribution in [1.29, 1.82) is 0 Å². The van der Waals surface area contributed by atoms with Gasteiger partial charge in [0.2, 0.25) is 0 Å². The molecule has 0 saturated carbocycles. The molecule has 0 fully saturated rings. The third kappa shape index (κ3) is 7.73. The van der Waals surface area contributed by atoms with Gasteiger partial charge in [0.15, 0.2) is 0 Å². The summed E-state index contributed by atoms with van der Waals surface area (Å²) in [6.07, 6.45) is -0.109. The number of hydrogen-bond acceptors (Lipinski definition) is 5. The lowest BCUT2D eigenvalue weighted by Crippen LogP contribution is -2.54. The molecule has 33 heavy (non-hydrogen) atoms. The first-order valence-electron chi connectivity index (χ1n) is 10.1. The average molecular weight is 581 g/mol. The predicted octanol–water partition coefficient (Wildman–Crippen LogP) is 7.02. The van der Waals surface area contributed by atoms with Gasteiger partial charge in [0.1, 0.15) is 10.6 Å². The summed E-state index contributed by atoms with van der Waals surface area (Å²) in [5.74, 6) is -0.521. The van der Waals surface area contributed by atoms with E-state index in [-0.39, 0.29) is 6.54 Å². The monoisotopic (exact) mass is 579 g/mol. The van der Waals surface area contributed by atoms with E-state index in [1.165, 1.54) is 16.2 Å². The summed E-state index contributed by atoms with van der Waals surface area (Å²) in [7, 11) is 0. The van der Waals surface area contributed by atoms with Gasteiger partial charge >= 0.3 is 12.2 Å². The predicted molar refractivity (Wildman–Crippen MR) is 136 cm³/mol. The molecule has 2 N–H and O–H groups in total. The zero-order valence-electron chi connectivity index (χ0n) is 19.3. The Morgan fingerprint density at radius 3 is 2.33 bits per heavy atom. The molecular weight excluding hydrogens is 553 g/mol. The van der Waals surface area contributed by atoms with Gasteiger partial charge in [-0.25, -0.2) is 14.6 Å². The Balaban J connectivity index is 2.61. The summed E-state index contributed by atoms with van der Waals surface area (Å²) >= 11 is 17.4. The summed E-state index contributed by atoms with van der Waals surface area (Å²) in [5.41, 5.74) is -0.730. The molecule has 0 aliphatic carbocycles. The number of nitrogens with zero attached hydrogens (tertiary/aromatic N) is 2. The third-order valence-corrected chi connectivity index (χ3v) is 7.12. The van der Waals surface area contributed by atoms with E-state index in [2.05, 4.69) is 26.2 Å². The van der Waals surface area contributed by atoms with Gasteiger partial charge < -0.3 is 20.1 Å². The van der Waals surface area contributed by atoms with Crippen molar-refractivity contribution >= 4 is 62.7 Å². The molecule has 0 radical (unpaired) electrons. The van der Waals surface area contributed by atoms with Crippen LogP contribution in [0, 0.1) is 0 Å². The Bertz CT molecular complexity index is 968. The Hall–Kier alpha value is -1.55. The highest BCUT2D eigenvalue weighted by atomic mass is 79.9. The molecule has 0 aliphatic rings. The van der Waals surface area contributed by atoms with E-state index in [1.807, 2.05) is 5.38 Å². The van der Waals surface area contributed by atoms with Crippen molar-refractivity contribution < 1.29 is 19.4 Å². The molecule has 0 saturated heterocycles. The van der Waals surface area contributed by atoms with Crippen LogP contribution in [0.4, 0.5) is 9.59 Å². The summed E-state index contributed by atoms with van der Waals surface area (Å²) in [4.78, 5) is 30.6. The molecule has 1 heterocycles. The lowest BCUT2D eigenvalue weighted by Gasteiger charge is -2.38. The molecule has 1 unspecified atom stereocenters. The molecule has 11 heteroatoms. The quantitative estimate of drug-likeness (QED) is 0.358. The molecule has 1 aromatic heterocycles. The molecule has 2 aromatic rings. The lowest BCUT2D eigenvalue weighted by molar-refractivity contribution is 0.0454. The molecule has 1 aromatic carbocycles. The number of carboxylic acid groups (broad SMARTS) is 1. The molecule has 0 spiro atoms. The number of nitrogens with one attached hydrogen (secondary N) is 1. The van der Waals surface area contributed by atoms with Crippen molar-refractivity contribution in [2.75, 3.05) is 6.54 Å². The van der Waals surface area contributed by atoms with Gasteiger partial charge in [0, 0.05) is 28.1 Å². The number of carbonyl (C=O) groups excluding carboxylic acids is 1.